The normalized spacial score (nSPS) is 11.2. The van der Waals surface area contributed by atoms with Crippen molar-refractivity contribution >= 4 is 17.7 Å². The molecule has 0 aromatic rings. The molecule has 0 rings (SSSR count). The van der Waals surface area contributed by atoms with Gasteiger partial charge in [-0.3, -0.25) is 4.79 Å². The van der Waals surface area contributed by atoms with E-state index in [0.29, 0.717) is 0 Å². The van der Waals surface area contributed by atoms with Crippen molar-refractivity contribution in [3.63, 3.8) is 0 Å². The average Bonchev–Trinajstić information content (AvgIpc) is 1.85. The first-order chi connectivity index (χ1) is 4.48. The van der Waals surface area contributed by atoms with Crippen LogP contribution in [0.2, 0.25) is 0 Å². The van der Waals surface area contributed by atoms with Gasteiger partial charge in [-0.05, 0) is 20.1 Å². The molecule has 0 heterocycles. The second-order valence-corrected chi connectivity index (χ2v) is 4.39. The van der Waals surface area contributed by atoms with E-state index >= 15 is 0 Å². The van der Waals surface area contributed by atoms with Crippen molar-refractivity contribution in [2.24, 2.45) is 0 Å². The molecular formula is C7H15NOS. The molecule has 0 aliphatic rings. The summed E-state index contributed by atoms with van der Waals surface area (Å²) < 4.78 is 0.158. The van der Waals surface area contributed by atoms with E-state index in [0.717, 1.165) is 6.54 Å². The molecular weight excluding hydrogens is 146 g/mol. The van der Waals surface area contributed by atoms with Crippen LogP contribution in [-0.4, -0.2) is 23.5 Å². The molecule has 0 saturated heterocycles. The summed E-state index contributed by atoms with van der Waals surface area (Å²) in [7, 11) is 0. The number of hydrogen-bond donors (Lipinski definition) is 1. The summed E-state index contributed by atoms with van der Waals surface area (Å²) in [6, 6.07) is 0. The van der Waals surface area contributed by atoms with Crippen LogP contribution in [0.25, 0.3) is 0 Å². The number of rotatable bonds is 3. The van der Waals surface area contributed by atoms with E-state index in [-0.39, 0.29) is 10.7 Å². The number of thioether (sulfide) groups is 1. The Morgan fingerprint density at radius 2 is 2.10 bits per heavy atom. The van der Waals surface area contributed by atoms with Crippen molar-refractivity contribution in [1.82, 2.24) is 5.32 Å². The molecule has 60 valence electrons. The van der Waals surface area contributed by atoms with Gasteiger partial charge in [0.15, 0.2) is 0 Å². The number of nitrogens with one attached hydrogen (secondary N) is 1. The van der Waals surface area contributed by atoms with Crippen molar-refractivity contribution in [3.8, 4) is 0 Å². The van der Waals surface area contributed by atoms with Crippen LogP contribution < -0.4 is 5.32 Å². The van der Waals surface area contributed by atoms with Gasteiger partial charge in [0.05, 0.1) is 0 Å². The van der Waals surface area contributed by atoms with Gasteiger partial charge in [-0.2, -0.15) is 11.8 Å². The Kier molecular flexibility index (Phi) is 3.79. The van der Waals surface area contributed by atoms with Crippen molar-refractivity contribution in [3.05, 3.63) is 0 Å². The van der Waals surface area contributed by atoms with Gasteiger partial charge in [0.2, 0.25) is 5.91 Å². The highest BCUT2D eigenvalue weighted by Crippen LogP contribution is 2.19. The highest BCUT2D eigenvalue weighted by molar-refractivity contribution is 7.99. The van der Waals surface area contributed by atoms with E-state index in [2.05, 4.69) is 19.2 Å². The van der Waals surface area contributed by atoms with Crippen LogP contribution in [0.15, 0.2) is 0 Å². The molecule has 1 N–H and O–H groups in total. The van der Waals surface area contributed by atoms with Crippen molar-refractivity contribution < 1.29 is 4.79 Å². The SMILES string of the molecule is CSC(C)(C)CNC(C)=O. The predicted molar refractivity (Wildman–Crippen MR) is 46.3 cm³/mol. The molecule has 0 aliphatic carbocycles. The molecule has 2 nitrogen and oxygen atoms in total. The van der Waals surface area contributed by atoms with Crippen LogP contribution >= 0.6 is 11.8 Å². The van der Waals surface area contributed by atoms with Gasteiger partial charge in [0.25, 0.3) is 0 Å². The zero-order chi connectivity index (χ0) is 8.20. The number of carbonyl (C=O) groups excluding carboxylic acids is 1. The van der Waals surface area contributed by atoms with E-state index < -0.39 is 0 Å². The lowest BCUT2D eigenvalue weighted by Crippen LogP contribution is -2.34. The third-order valence-corrected chi connectivity index (χ3v) is 2.57. The van der Waals surface area contributed by atoms with E-state index in [9.17, 15) is 4.79 Å². The quantitative estimate of drug-likeness (QED) is 0.675. The van der Waals surface area contributed by atoms with E-state index in [1.54, 1.807) is 11.8 Å². The fraction of sp³-hybridized carbons (Fsp3) is 0.857. The van der Waals surface area contributed by atoms with Gasteiger partial charge in [0, 0.05) is 18.2 Å². The first-order valence-electron chi connectivity index (χ1n) is 3.27. The van der Waals surface area contributed by atoms with Gasteiger partial charge < -0.3 is 5.32 Å². The summed E-state index contributed by atoms with van der Waals surface area (Å²) in [4.78, 5) is 10.5. The molecule has 0 saturated carbocycles. The van der Waals surface area contributed by atoms with E-state index in [4.69, 9.17) is 0 Å². The maximum absolute atomic E-state index is 10.5. The summed E-state index contributed by atoms with van der Waals surface area (Å²) in [6.45, 7) is 6.49. The number of hydrogen-bond acceptors (Lipinski definition) is 2. The minimum atomic E-state index is 0.0436. The Hall–Kier alpha value is -0.180. The zero-order valence-electron chi connectivity index (χ0n) is 7.02. The monoisotopic (exact) mass is 161 g/mol. The van der Waals surface area contributed by atoms with Gasteiger partial charge in [0.1, 0.15) is 0 Å². The topological polar surface area (TPSA) is 29.1 Å². The van der Waals surface area contributed by atoms with Gasteiger partial charge in [-0.15, -0.1) is 0 Å². The summed E-state index contributed by atoms with van der Waals surface area (Å²) in [5.74, 6) is 0.0436. The minimum Gasteiger partial charge on any atom is -0.355 e. The fourth-order valence-electron chi connectivity index (χ4n) is 0.410. The zero-order valence-corrected chi connectivity index (χ0v) is 7.84. The Balaban J connectivity index is 3.56. The lowest BCUT2D eigenvalue weighted by molar-refractivity contribution is -0.119. The summed E-state index contributed by atoms with van der Waals surface area (Å²) in [5.41, 5.74) is 0. The molecule has 10 heavy (non-hydrogen) atoms. The second kappa shape index (κ2) is 3.86. The summed E-state index contributed by atoms with van der Waals surface area (Å²) in [5, 5.41) is 2.78. The molecule has 0 aromatic carbocycles. The molecule has 3 heteroatoms. The van der Waals surface area contributed by atoms with Crippen LogP contribution in [0.3, 0.4) is 0 Å². The van der Waals surface area contributed by atoms with Gasteiger partial charge in [-0.1, -0.05) is 0 Å². The van der Waals surface area contributed by atoms with Crippen LogP contribution in [-0.2, 0) is 4.79 Å². The van der Waals surface area contributed by atoms with Crippen LogP contribution in [0, 0.1) is 0 Å². The molecule has 0 aliphatic heterocycles. The highest BCUT2D eigenvalue weighted by atomic mass is 32.2. The lowest BCUT2D eigenvalue weighted by Gasteiger charge is -2.21. The Bertz CT molecular complexity index is 123. The third kappa shape index (κ3) is 4.68. The van der Waals surface area contributed by atoms with Gasteiger partial charge >= 0.3 is 0 Å². The Morgan fingerprint density at radius 3 is 2.40 bits per heavy atom. The maximum Gasteiger partial charge on any atom is 0.216 e. The molecule has 0 radical (unpaired) electrons. The second-order valence-electron chi connectivity index (χ2n) is 2.87. The first kappa shape index (κ1) is 9.82. The number of amides is 1. The predicted octanol–water partition coefficient (Wildman–Crippen LogP) is 1.26. The molecule has 0 spiro atoms. The Labute approximate surface area is 66.8 Å². The molecule has 0 bridgehead atoms. The average molecular weight is 161 g/mol. The number of carbonyl (C=O) groups is 1. The lowest BCUT2D eigenvalue weighted by atomic mass is 10.2. The third-order valence-electron chi connectivity index (χ3n) is 1.32. The standard InChI is InChI=1S/C7H15NOS/c1-6(9)8-5-7(2,3)10-4/h5H2,1-4H3,(H,8,9). The fourth-order valence-corrected chi connectivity index (χ4v) is 0.626. The Morgan fingerprint density at radius 1 is 1.60 bits per heavy atom. The van der Waals surface area contributed by atoms with Crippen LogP contribution in [0.4, 0.5) is 0 Å². The molecule has 0 unspecified atom stereocenters. The maximum atomic E-state index is 10.5. The molecule has 0 atom stereocenters. The van der Waals surface area contributed by atoms with Gasteiger partial charge in [-0.25, -0.2) is 0 Å². The van der Waals surface area contributed by atoms with Crippen molar-refractivity contribution in [2.75, 3.05) is 12.8 Å². The summed E-state index contributed by atoms with van der Waals surface area (Å²) in [6.07, 6.45) is 2.04. The van der Waals surface area contributed by atoms with Crippen molar-refractivity contribution in [1.29, 1.82) is 0 Å². The van der Waals surface area contributed by atoms with E-state index in [1.165, 1.54) is 6.92 Å². The van der Waals surface area contributed by atoms with Crippen molar-refractivity contribution in [2.45, 2.75) is 25.5 Å². The molecule has 1 amide bonds. The highest BCUT2D eigenvalue weighted by Gasteiger charge is 2.15. The van der Waals surface area contributed by atoms with Crippen LogP contribution in [0.1, 0.15) is 20.8 Å². The summed E-state index contributed by atoms with van der Waals surface area (Å²) >= 11 is 1.75. The molecule has 0 fully saturated rings. The largest absolute Gasteiger partial charge is 0.355 e. The van der Waals surface area contributed by atoms with Crippen LogP contribution in [0.5, 0.6) is 0 Å². The first-order valence-corrected chi connectivity index (χ1v) is 4.50. The smallest absolute Gasteiger partial charge is 0.216 e. The minimum absolute atomic E-state index is 0.0436. The van der Waals surface area contributed by atoms with E-state index in [1.807, 2.05) is 6.26 Å². The molecule has 0 aromatic heterocycles.